The summed E-state index contributed by atoms with van der Waals surface area (Å²) in [4.78, 5) is 2.21. The third-order valence-corrected chi connectivity index (χ3v) is 3.20. The average Bonchev–Trinajstić information content (AvgIpc) is 2.58. The summed E-state index contributed by atoms with van der Waals surface area (Å²) < 4.78 is 29.6. The van der Waals surface area contributed by atoms with E-state index in [1.807, 2.05) is 24.3 Å². The van der Waals surface area contributed by atoms with E-state index in [2.05, 4.69) is 9.43 Å². The van der Waals surface area contributed by atoms with Gasteiger partial charge in [-0.3, -0.25) is 4.18 Å². The molecule has 0 bridgehead atoms. The summed E-state index contributed by atoms with van der Waals surface area (Å²) in [6, 6.07) is 7.64. The molecule has 0 aromatic heterocycles. The smallest absolute Gasteiger partial charge is 0.260 e. The second-order valence-electron chi connectivity index (χ2n) is 3.49. The van der Waals surface area contributed by atoms with Crippen LogP contribution in [-0.2, 0) is 27.3 Å². The van der Waals surface area contributed by atoms with Gasteiger partial charge in [0, 0.05) is 17.8 Å². The van der Waals surface area contributed by atoms with Crippen molar-refractivity contribution in [2.24, 2.45) is 4.52 Å². The van der Waals surface area contributed by atoms with Crippen LogP contribution in [-0.4, -0.2) is 14.5 Å². The van der Waals surface area contributed by atoms with Gasteiger partial charge in [0.1, 0.15) is 0 Å². The molecule has 2 rings (SSSR count). The van der Waals surface area contributed by atoms with Crippen molar-refractivity contribution in [3.8, 4) is 0 Å². The highest BCUT2D eigenvalue weighted by molar-refractivity contribution is 7.85. The van der Waals surface area contributed by atoms with Crippen molar-refractivity contribution in [2.45, 2.75) is 18.9 Å². The lowest BCUT2D eigenvalue weighted by Crippen LogP contribution is -2.16. The molecule has 1 aromatic carbocycles. The van der Waals surface area contributed by atoms with Crippen LogP contribution in [0.25, 0.3) is 10.4 Å². The Bertz CT molecular complexity index is 524. The third kappa shape index (κ3) is 2.33. The molecule has 6 nitrogen and oxygen atoms in total. The van der Waals surface area contributed by atoms with E-state index in [0.29, 0.717) is 12.8 Å². The van der Waals surface area contributed by atoms with Crippen LogP contribution in [0.5, 0.6) is 0 Å². The van der Waals surface area contributed by atoms with Crippen molar-refractivity contribution >= 4 is 10.3 Å². The fraction of sp³-hybridized carbons (Fsp3) is 0.333. The Morgan fingerprint density at radius 1 is 1.31 bits per heavy atom. The molecule has 0 fully saturated rings. The molecule has 0 saturated carbocycles. The molecule has 84 valence electrons. The van der Waals surface area contributed by atoms with E-state index < -0.39 is 16.4 Å². The van der Waals surface area contributed by atoms with E-state index in [4.69, 9.17) is 9.71 Å². The third-order valence-electron chi connectivity index (χ3n) is 2.41. The van der Waals surface area contributed by atoms with Crippen molar-refractivity contribution < 1.29 is 12.6 Å². The van der Waals surface area contributed by atoms with Gasteiger partial charge in [0.25, 0.3) is 0 Å². The Morgan fingerprint density at radius 2 is 1.88 bits per heavy atom. The standard InChI is InChI=1S/C9H9N3O3S/c10-11-12-16(13,14)15-9-5-7-3-1-2-4-8(7)6-9/h1-4,9H,5-6H2. The molecule has 0 aliphatic heterocycles. The molecule has 0 amide bonds. The van der Waals surface area contributed by atoms with Gasteiger partial charge in [0.15, 0.2) is 0 Å². The van der Waals surface area contributed by atoms with E-state index in [1.54, 1.807) is 0 Å². The molecule has 0 spiro atoms. The molecule has 0 N–H and O–H groups in total. The predicted octanol–water partition coefficient (Wildman–Crippen LogP) is 1.73. The Hall–Kier alpha value is -1.56. The number of hydrogen-bond acceptors (Lipinski definition) is 3. The summed E-state index contributed by atoms with van der Waals surface area (Å²) in [5.74, 6) is 0. The van der Waals surface area contributed by atoms with Crippen molar-refractivity contribution in [2.75, 3.05) is 0 Å². The first-order valence-corrected chi connectivity index (χ1v) is 6.03. The zero-order chi connectivity index (χ0) is 11.6. The first kappa shape index (κ1) is 10.9. The Labute approximate surface area is 92.7 Å². The lowest BCUT2D eigenvalue weighted by molar-refractivity contribution is 0.221. The zero-order valence-electron chi connectivity index (χ0n) is 8.28. The summed E-state index contributed by atoms with van der Waals surface area (Å²) in [5.41, 5.74) is 10.2. The van der Waals surface area contributed by atoms with E-state index in [9.17, 15) is 8.42 Å². The van der Waals surface area contributed by atoms with Crippen molar-refractivity contribution in [1.29, 1.82) is 0 Å². The number of rotatable bonds is 3. The minimum Gasteiger partial charge on any atom is -0.260 e. The van der Waals surface area contributed by atoms with Gasteiger partial charge in [-0.1, -0.05) is 24.3 Å². The molecule has 1 aromatic rings. The van der Waals surface area contributed by atoms with Gasteiger partial charge in [-0.05, 0) is 16.7 Å². The van der Waals surface area contributed by atoms with Gasteiger partial charge in [0.2, 0.25) is 0 Å². The maximum atomic E-state index is 11.1. The second-order valence-corrected chi connectivity index (χ2v) is 4.71. The van der Waals surface area contributed by atoms with Crippen LogP contribution in [0, 0.1) is 0 Å². The largest absolute Gasteiger partial charge is 0.358 e. The molecule has 0 heterocycles. The van der Waals surface area contributed by atoms with Crippen LogP contribution < -0.4 is 0 Å². The summed E-state index contributed by atoms with van der Waals surface area (Å²) in [7, 11) is -4.12. The van der Waals surface area contributed by atoms with Gasteiger partial charge >= 0.3 is 10.3 Å². The lowest BCUT2D eigenvalue weighted by atomic mass is 10.1. The molecular weight excluding hydrogens is 230 g/mol. The molecule has 0 unspecified atom stereocenters. The Kier molecular flexibility index (Phi) is 2.82. The molecular formula is C9H9N3O3S. The highest BCUT2D eigenvalue weighted by atomic mass is 32.2. The van der Waals surface area contributed by atoms with Crippen LogP contribution in [0.2, 0.25) is 0 Å². The fourth-order valence-electron chi connectivity index (χ4n) is 1.82. The van der Waals surface area contributed by atoms with Crippen LogP contribution in [0.1, 0.15) is 11.1 Å². The van der Waals surface area contributed by atoms with Crippen LogP contribution >= 0.6 is 0 Å². The van der Waals surface area contributed by atoms with Crippen molar-refractivity contribution in [3.63, 3.8) is 0 Å². The predicted molar refractivity (Wildman–Crippen MR) is 56.8 cm³/mol. The van der Waals surface area contributed by atoms with E-state index in [-0.39, 0.29) is 0 Å². The maximum Gasteiger partial charge on any atom is 0.358 e. The van der Waals surface area contributed by atoms with Gasteiger partial charge in [0.05, 0.1) is 10.6 Å². The molecule has 0 saturated heterocycles. The van der Waals surface area contributed by atoms with Crippen LogP contribution in [0.3, 0.4) is 0 Å². The SMILES string of the molecule is [N-]=[N+]=NS(=O)(=O)OC1Cc2ccccc2C1. The van der Waals surface area contributed by atoms with E-state index >= 15 is 0 Å². The molecule has 7 heteroatoms. The molecule has 1 aliphatic rings. The van der Waals surface area contributed by atoms with E-state index in [1.165, 1.54) is 0 Å². The monoisotopic (exact) mass is 239 g/mol. The Morgan fingerprint density at radius 3 is 2.38 bits per heavy atom. The van der Waals surface area contributed by atoms with Crippen molar-refractivity contribution in [3.05, 3.63) is 45.8 Å². The molecule has 0 radical (unpaired) electrons. The number of hydrogen-bond donors (Lipinski definition) is 0. The minimum atomic E-state index is -4.12. The van der Waals surface area contributed by atoms with Crippen LogP contribution in [0.4, 0.5) is 0 Å². The summed E-state index contributed by atoms with van der Waals surface area (Å²) in [5, 5.41) is 0. The topological polar surface area (TPSA) is 92.1 Å². The first-order valence-electron chi connectivity index (χ1n) is 4.67. The molecule has 1 aliphatic carbocycles. The summed E-state index contributed by atoms with van der Waals surface area (Å²) in [6.07, 6.45) is 0.583. The Balaban J connectivity index is 2.11. The van der Waals surface area contributed by atoms with E-state index in [0.717, 1.165) is 11.1 Å². The number of benzene rings is 1. The van der Waals surface area contributed by atoms with Gasteiger partial charge in [-0.2, -0.15) is 8.42 Å². The number of fused-ring (bicyclic) bond motifs is 1. The van der Waals surface area contributed by atoms with Crippen molar-refractivity contribution in [1.82, 2.24) is 0 Å². The number of nitrogens with zero attached hydrogens (tertiary/aromatic N) is 3. The quantitative estimate of drug-likeness (QED) is 0.456. The first-order chi connectivity index (χ1) is 7.61. The zero-order valence-corrected chi connectivity index (χ0v) is 9.09. The lowest BCUT2D eigenvalue weighted by Gasteiger charge is -2.06. The normalized spacial score (nSPS) is 15.5. The highest BCUT2D eigenvalue weighted by Crippen LogP contribution is 2.25. The van der Waals surface area contributed by atoms with Gasteiger partial charge in [-0.15, -0.1) is 0 Å². The second kappa shape index (κ2) is 4.13. The maximum absolute atomic E-state index is 11.1. The minimum absolute atomic E-state index is 0.465. The van der Waals surface area contributed by atoms with Gasteiger partial charge in [-0.25, -0.2) is 0 Å². The van der Waals surface area contributed by atoms with Gasteiger partial charge < -0.3 is 0 Å². The highest BCUT2D eigenvalue weighted by Gasteiger charge is 2.26. The fourth-order valence-corrected chi connectivity index (χ4v) is 2.43. The summed E-state index contributed by atoms with van der Waals surface area (Å²) in [6.45, 7) is 0. The average molecular weight is 239 g/mol. The number of azide groups is 1. The summed E-state index contributed by atoms with van der Waals surface area (Å²) >= 11 is 0. The molecule has 16 heavy (non-hydrogen) atoms. The van der Waals surface area contributed by atoms with Crippen LogP contribution in [0.15, 0.2) is 28.8 Å². The molecule has 0 atom stereocenters.